The van der Waals surface area contributed by atoms with Crippen LogP contribution in [0.1, 0.15) is 47.2 Å². The molecule has 1 fully saturated rings. The van der Waals surface area contributed by atoms with Gasteiger partial charge in [0, 0.05) is 25.2 Å². The van der Waals surface area contributed by atoms with Crippen molar-refractivity contribution in [2.75, 3.05) is 25.2 Å². The highest BCUT2D eigenvalue weighted by Crippen LogP contribution is 2.41. The molecule has 1 N–H and O–H groups in total. The Hall–Kier alpha value is -2.50. The van der Waals surface area contributed by atoms with E-state index in [1.54, 1.807) is 25.3 Å². The van der Waals surface area contributed by atoms with Crippen molar-refractivity contribution < 1.29 is 19.4 Å². The van der Waals surface area contributed by atoms with E-state index < -0.39 is 5.97 Å². The van der Waals surface area contributed by atoms with E-state index in [2.05, 4.69) is 23.6 Å². The van der Waals surface area contributed by atoms with Gasteiger partial charge in [0.15, 0.2) is 0 Å². The van der Waals surface area contributed by atoms with Crippen LogP contribution in [0.3, 0.4) is 0 Å². The lowest BCUT2D eigenvalue weighted by atomic mass is 9.70. The Balaban J connectivity index is 1.74. The molecular weight excluding hydrogens is 438 g/mol. The molecule has 1 aliphatic carbocycles. The van der Waals surface area contributed by atoms with Crippen molar-refractivity contribution in [2.24, 2.45) is 11.8 Å². The first-order chi connectivity index (χ1) is 16.0. The SMILES string of the molecule is C=C[C@H](OC)[C@@H]1CC[C@H]1CN1Cc2ccc(Cl)cc2CCCCOc2ccc(C(=O)O)cc21. The van der Waals surface area contributed by atoms with Crippen molar-refractivity contribution in [1.29, 1.82) is 0 Å². The summed E-state index contributed by atoms with van der Waals surface area (Å²) in [5.74, 6) is 0.629. The molecule has 1 aliphatic heterocycles. The Kier molecular flexibility index (Phi) is 7.61. The van der Waals surface area contributed by atoms with E-state index in [9.17, 15) is 9.90 Å². The smallest absolute Gasteiger partial charge is 0.335 e. The third-order valence-corrected chi connectivity index (χ3v) is 7.27. The first-order valence-corrected chi connectivity index (χ1v) is 12.1. The molecular formula is C27H32ClNO4. The quantitative estimate of drug-likeness (QED) is 0.527. The van der Waals surface area contributed by atoms with Crippen LogP contribution in [0.25, 0.3) is 0 Å². The number of anilines is 1. The fourth-order valence-electron chi connectivity index (χ4n) is 5.04. The Morgan fingerprint density at radius 2 is 2.12 bits per heavy atom. The van der Waals surface area contributed by atoms with Gasteiger partial charge in [-0.15, -0.1) is 6.58 Å². The molecule has 1 heterocycles. The molecule has 2 aliphatic rings. The molecule has 0 radical (unpaired) electrons. The van der Waals surface area contributed by atoms with E-state index >= 15 is 0 Å². The van der Waals surface area contributed by atoms with Gasteiger partial charge in [0.25, 0.3) is 0 Å². The Morgan fingerprint density at radius 3 is 2.82 bits per heavy atom. The van der Waals surface area contributed by atoms with Crippen molar-refractivity contribution in [2.45, 2.75) is 44.8 Å². The minimum Gasteiger partial charge on any atom is -0.491 e. The lowest BCUT2D eigenvalue weighted by molar-refractivity contribution is 0.0137. The van der Waals surface area contributed by atoms with Gasteiger partial charge in [-0.1, -0.05) is 23.7 Å². The largest absolute Gasteiger partial charge is 0.491 e. The zero-order chi connectivity index (χ0) is 23.4. The van der Waals surface area contributed by atoms with Crippen LogP contribution in [-0.4, -0.2) is 37.4 Å². The number of fused-ring (bicyclic) bond motifs is 2. The van der Waals surface area contributed by atoms with Crippen molar-refractivity contribution in [3.63, 3.8) is 0 Å². The highest BCUT2D eigenvalue weighted by atomic mass is 35.5. The summed E-state index contributed by atoms with van der Waals surface area (Å²) >= 11 is 6.32. The number of methoxy groups -OCH3 is 1. The zero-order valence-electron chi connectivity index (χ0n) is 19.1. The fourth-order valence-corrected chi connectivity index (χ4v) is 5.23. The minimum absolute atomic E-state index is 0.0276. The van der Waals surface area contributed by atoms with Gasteiger partial charge in [-0.2, -0.15) is 0 Å². The molecule has 1 saturated carbocycles. The lowest BCUT2D eigenvalue weighted by Crippen LogP contribution is -2.43. The number of aryl methyl sites for hydroxylation is 1. The van der Waals surface area contributed by atoms with Gasteiger partial charge in [0.05, 0.1) is 24.0 Å². The van der Waals surface area contributed by atoms with Crippen molar-refractivity contribution in [1.82, 2.24) is 0 Å². The van der Waals surface area contributed by atoms with E-state index in [0.29, 0.717) is 25.0 Å². The summed E-state index contributed by atoms with van der Waals surface area (Å²) < 4.78 is 11.8. The second kappa shape index (κ2) is 10.6. The van der Waals surface area contributed by atoms with Crippen molar-refractivity contribution in [3.8, 4) is 5.75 Å². The number of hydrogen-bond donors (Lipinski definition) is 1. The molecule has 0 spiro atoms. The lowest BCUT2D eigenvalue weighted by Gasteiger charge is -2.43. The molecule has 0 aromatic heterocycles. The third kappa shape index (κ3) is 5.36. The number of nitrogens with zero attached hydrogens (tertiary/aromatic N) is 1. The molecule has 3 atom stereocenters. The number of benzene rings is 2. The number of rotatable bonds is 6. The molecule has 0 unspecified atom stereocenters. The van der Waals surface area contributed by atoms with Crippen LogP contribution in [-0.2, 0) is 17.7 Å². The molecule has 2 aromatic rings. The van der Waals surface area contributed by atoms with E-state index in [1.165, 1.54) is 11.1 Å². The molecule has 5 nitrogen and oxygen atoms in total. The number of ether oxygens (including phenoxy) is 2. The minimum atomic E-state index is -0.938. The highest BCUT2D eigenvalue weighted by molar-refractivity contribution is 6.30. The molecule has 6 heteroatoms. The van der Waals surface area contributed by atoms with Gasteiger partial charge < -0.3 is 19.5 Å². The average molecular weight is 470 g/mol. The Labute approximate surface area is 201 Å². The van der Waals surface area contributed by atoms with E-state index in [-0.39, 0.29) is 11.7 Å². The molecule has 0 amide bonds. The Morgan fingerprint density at radius 1 is 1.27 bits per heavy atom. The normalized spacial score (nSPS) is 21.5. The number of carboxylic acids is 1. The van der Waals surface area contributed by atoms with Crippen molar-refractivity contribution in [3.05, 3.63) is 70.8 Å². The maximum absolute atomic E-state index is 11.8. The van der Waals surface area contributed by atoms with E-state index in [4.69, 9.17) is 21.1 Å². The predicted molar refractivity (Wildman–Crippen MR) is 132 cm³/mol. The van der Waals surface area contributed by atoms with Gasteiger partial charge in [-0.3, -0.25) is 0 Å². The molecule has 33 heavy (non-hydrogen) atoms. The summed E-state index contributed by atoms with van der Waals surface area (Å²) in [5.41, 5.74) is 3.56. The summed E-state index contributed by atoms with van der Waals surface area (Å²) in [5, 5.41) is 10.4. The predicted octanol–water partition coefficient (Wildman–Crippen LogP) is 5.99. The first kappa shape index (κ1) is 23.7. The Bertz CT molecular complexity index is 1010. The van der Waals surface area contributed by atoms with Crippen LogP contribution >= 0.6 is 11.6 Å². The van der Waals surface area contributed by atoms with Crippen LogP contribution < -0.4 is 9.64 Å². The van der Waals surface area contributed by atoms with Crippen LogP contribution in [0.15, 0.2) is 49.1 Å². The second-order valence-corrected chi connectivity index (χ2v) is 9.46. The summed E-state index contributed by atoms with van der Waals surface area (Å²) in [6.07, 6.45) is 7.00. The molecule has 0 saturated heterocycles. The molecule has 2 aromatic carbocycles. The van der Waals surface area contributed by atoms with Gasteiger partial charge >= 0.3 is 5.97 Å². The van der Waals surface area contributed by atoms with Crippen molar-refractivity contribution >= 4 is 23.3 Å². The summed E-state index contributed by atoms with van der Waals surface area (Å²) in [7, 11) is 1.73. The number of aromatic carboxylic acids is 1. The standard InChI is InChI=1S/C27H32ClNO4/c1-3-25(32-2)23-11-8-21(23)17-29-16-20-7-10-22(28)14-18(20)6-4-5-13-33-26-12-9-19(27(30)31)15-24(26)29/h3,7,9-10,12,14-15,21,23,25H,1,4-6,8,11,13,16-17H2,2H3,(H,30,31)/t21-,23+,25-/m0/s1. The monoisotopic (exact) mass is 469 g/mol. The molecule has 176 valence electrons. The maximum atomic E-state index is 11.8. The highest BCUT2D eigenvalue weighted by Gasteiger charge is 2.37. The fraction of sp³-hybridized carbons (Fsp3) is 0.444. The second-order valence-electron chi connectivity index (χ2n) is 9.02. The van der Waals surface area contributed by atoms with Gasteiger partial charge in [0.2, 0.25) is 0 Å². The number of carbonyl (C=O) groups is 1. The van der Waals surface area contributed by atoms with Crippen LogP contribution in [0.5, 0.6) is 5.75 Å². The summed E-state index contributed by atoms with van der Waals surface area (Å²) in [6.45, 7) is 6.00. The molecule has 0 bridgehead atoms. The van der Waals surface area contributed by atoms with E-state index in [0.717, 1.165) is 55.1 Å². The van der Waals surface area contributed by atoms with E-state index in [1.807, 2.05) is 12.1 Å². The summed E-state index contributed by atoms with van der Waals surface area (Å²) in [6, 6.07) is 11.3. The number of hydrogen-bond acceptors (Lipinski definition) is 4. The topological polar surface area (TPSA) is 59.0 Å². The van der Waals surface area contributed by atoms with Crippen LogP contribution in [0.2, 0.25) is 5.02 Å². The third-order valence-electron chi connectivity index (χ3n) is 7.03. The van der Waals surface area contributed by atoms with Crippen LogP contribution in [0, 0.1) is 11.8 Å². The first-order valence-electron chi connectivity index (χ1n) is 11.7. The van der Waals surface area contributed by atoms with Gasteiger partial charge in [0.1, 0.15) is 5.75 Å². The average Bonchev–Trinajstić information content (AvgIpc) is 2.82. The van der Waals surface area contributed by atoms with Crippen LogP contribution in [0.4, 0.5) is 5.69 Å². The van der Waals surface area contributed by atoms with Gasteiger partial charge in [-0.25, -0.2) is 4.79 Å². The zero-order valence-corrected chi connectivity index (χ0v) is 19.9. The molecule has 4 rings (SSSR count). The van der Waals surface area contributed by atoms with Gasteiger partial charge in [-0.05, 0) is 85.4 Å². The maximum Gasteiger partial charge on any atom is 0.335 e. The number of halogens is 1. The number of carboxylic acid groups (broad SMARTS) is 1. The summed E-state index contributed by atoms with van der Waals surface area (Å²) in [4.78, 5) is 14.1.